The third-order valence-corrected chi connectivity index (χ3v) is 3.48. The summed E-state index contributed by atoms with van der Waals surface area (Å²) in [7, 11) is 0. The minimum absolute atomic E-state index is 0.212. The number of halogens is 3. The van der Waals surface area contributed by atoms with Crippen molar-refractivity contribution >= 4 is 11.8 Å². The van der Waals surface area contributed by atoms with E-state index in [0.717, 1.165) is 6.08 Å². The average molecular weight is 312 g/mol. The number of hydrogen-bond donors (Lipinski definition) is 0. The van der Waals surface area contributed by atoms with Crippen LogP contribution in [0.5, 0.6) is 0 Å². The van der Waals surface area contributed by atoms with Gasteiger partial charge in [0.15, 0.2) is 5.78 Å². The molecule has 1 aliphatic carbocycles. The molecule has 0 spiro atoms. The lowest BCUT2D eigenvalue weighted by atomic mass is 9.95. The molecule has 3 nitrogen and oxygen atoms in total. The van der Waals surface area contributed by atoms with Gasteiger partial charge in [0.25, 0.3) is 0 Å². The number of carbonyl (C=O) groups excluding carboxylic acids is 2. The van der Waals surface area contributed by atoms with Gasteiger partial charge in [-0.3, -0.25) is 4.79 Å². The number of unbranched alkanes of at least 4 members (excludes halogenated alkanes) is 1. The molecule has 1 aliphatic heterocycles. The lowest BCUT2D eigenvalue weighted by molar-refractivity contribution is -0.180. The number of rotatable bonds is 6. The second-order valence-electron chi connectivity index (χ2n) is 5.10. The predicted octanol–water partition coefficient (Wildman–Crippen LogP) is 3.79. The van der Waals surface area contributed by atoms with Crippen LogP contribution >= 0.6 is 0 Å². The van der Waals surface area contributed by atoms with Crippen molar-refractivity contribution in [1.82, 2.24) is 0 Å². The summed E-state index contributed by atoms with van der Waals surface area (Å²) in [6, 6.07) is 0. The Labute approximate surface area is 125 Å². The van der Waals surface area contributed by atoms with Crippen LogP contribution in [0, 0.1) is 5.92 Å². The fraction of sp³-hybridized carbons (Fsp3) is 0.375. The fourth-order valence-corrected chi connectivity index (χ4v) is 2.30. The number of esters is 1. The first kappa shape index (κ1) is 16.3. The molecule has 0 fully saturated rings. The van der Waals surface area contributed by atoms with Crippen LogP contribution in [0.15, 0.2) is 47.3 Å². The van der Waals surface area contributed by atoms with E-state index in [0.29, 0.717) is 29.7 Å². The Morgan fingerprint density at radius 3 is 2.73 bits per heavy atom. The van der Waals surface area contributed by atoms with Crippen molar-refractivity contribution in [3.8, 4) is 0 Å². The van der Waals surface area contributed by atoms with Gasteiger partial charge in [0.05, 0.1) is 0 Å². The van der Waals surface area contributed by atoms with Crippen LogP contribution in [0.2, 0.25) is 0 Å². The number of carbonyl (C=O) groups is 2. The van der Waals surface area contributed by atoms with Crippen molar-refractivity contribution in [1.29, 1.82) is 0 Å². The molecule has 2 rings (SSSR count). The second-order valence-corrected chi connectivity index (χ2v) is 5.10. The van der Waals surface area contributed by atoms with Crippen LogP contribution in [-0.4, -0.2) is 17.9 Å². The summed E-state index contributed by atoms with van der Waals surface area (Å²) in [5.74, 6) is -3.12. The minimum atomic E-state index is -4.55. The lowest BCUT2D eigenvalue weighted by Gasteiger charge is -2.17. The maximum atomic E-state index is 12.9. The highest BCUT2D eigenvalue weighted by Gasteiger charge is 2.42. The molecule has 1 atom stereocenters. The van der Waals surface area contributed by atoms with Gasteiger partial charge in [-0.2, -0.15) is 13.2 Å². The lowest BCUT2D eigenvalue weighted by Crippen LogP contribution is -2.29. The molecule has 0 bridgehead atoms. The maximum absolute atomic E-state index is 12.9. The van der Waals surface area contributed by atoms with E-state index in [9.17, 15) is 22.8 Å². The quantitative estimate of drug-likeness (QED) is 0.553. The van der Waals surface area contributed by atoms with Gasteiger partial charge in [-0.25, -0.2) is 4.79 Å². The summed E-state index contributed by atoms with van der Waals surface area (Å²) in [4.78, 5) is 22.9. The zero-order valence-electron chi connectivity index (χ0n) is 11.9. The summed E-state index contributed by atoms with van der Waals surface area (Å²) in [6.45, 7) is 1.77. The summed E-state index contributed by atoms with van der Waals surface area (Å²) in [5.41, 5.74) is 0.983. The predicted molar refractivity (Wildman–Crippen MR) is 73.6 cm³/mol. The maximum Gasteiger partial charge on any atom is 0.398 e. The van der Waals surface area contributed by atoms with Gasteiger partial charge in [0.2, 0.25) is 0 Å². The minimum Gasteiger partial charge on any atom is -0.423 e. The van der Waals surface area contributed by atoms with Gasteiger partial charge in [-0.05, 0) is 24.1 Å². The summed E-state index contributed by atoms with van der Waals surface area (Å²) in [5, 5.41) is 0. The topological polar surface area (TPSA) is 43.4 Å². The molecule has 0 radical (unpaired) electrons. The normalized spacial score (nSPS) is 18.7. The number of ketones is 1. The third-order valence-electron chi connectivity index (χ3n) is 3.48. The van der Waals surface area contributed by atoms with Crippen LogP contribution in [0.4, 0.5) is 13.2 Å². The number of hydrogen-bond acceptors (Lipinski definition) is 3. The van der Waals surface area contributed by atoms with Crippen LogP contribution < -0.4 is 0 Å². The highest BCUT2D eigenvalue weighted by Crippen LogP contribution is 2.34. The number of allylic oxidation sites excluding steroid dienone is 5. The van der Waals surface area contributed by atoms with Crippen molar-refractivity contribution < 1.29 is 27.5 Å². The number of ether oxygens (including phenoxy) is 1. The van der Waals surface area contributed by atoms with E-state index in [2.05, 4.69) is 0 Å². The van der Waals surface area contributed by atoms with Gasteiger partial charge in [0, 0.05) is 11.6 Å². The molecule has 0 aromatic rings. The van der Waals surface area contributed by atoms with E-state index >= 15 is 0 Å². The molecular weight excluding hydrogens is 297 g/mol. The molecule has 0 saturated carbocycles. The standard InChI is InChI=1S/C16H15F3O3/c1-2-3-4-12(16(17,18)19)13(20)7-5-10-6-8-14-11(10)9-15(21)22-14/h5-9,12H,2-4H2,1H3/b7-5+. The Balaban J connectivity index is 2.07. The van der Waals surface area contributed by atoms with Crippen molar-refractivity contribution in [3.05, 3.63) is 47.3 Å². The molecular formula is C16H15F3O3. The van der Waals surface area contributed by atoms with E-state index in [1.807, 2.05) is 0 Å². The Kier molecular flexibility index (Phi) is 4.68. The summed E-state index contributed by atoms with van der Waals surface area (Å²) < 4.78 is 43.6. The molecule has 0 aromatic carbocycles. The van der Waals surface area contributed by atoms with E-state index in [1.54, 1.807) is 19.1 Å². The third kappa shape index (κ3) is 3.55. The van der Waals surface area contributed by atoms with E-state index in [-0.39, 0.29) is 6.42 Å². The van der Waals surface area contributed by atoms with Gasteiger partial charge in [0.1, 0.15) is 11.7 Å². The van der Waals surface area contributed by atoms with Crippen LogP contribution in [0.25, 0.3) is 0 Å². The molecule has 0 aromatic heterocycles. The fourth-order valence-electron chi connectivity index (χ4n) is 2.30. The van der Waals surface area contributed by atoms with Gasteiger partial charge in [-0.15, -0.1) is 0 Å². The first-order chi connectivity index (χ1) is 10.3. The second kappa shape index (κ2) is 6.34. The van der Waals surface area contributed by atoms with E-state index < -0.39 is 23.8 Å². The Morgan fingerprint density at radius 2 is 2.09 bits per heavy atom. The molecule has 118 valence electrons. The van der Waals surface area contributed by atoms with Gasteiger partial charge < -0.3 is 4.74 Å². The molecule has 0 saturated heterocycles. The van der Waals surface area contributed by atoms with Crippen LogP contribution in [0.1, 0.15) is 26.2 Å². The SMILES string of the molecule is CCCCC(C(=O)/C=C/C1=CC=C2OC(=O)C=C12)C(F)(F)F. The molecule has 1 unspecified atom stereocenters. The molecule has 2 aliphatic rings. The van der Waals surface area contributed by atoms with Crippen LogP contribution in [-0.2, 0) is 14.3 Å². The van der Waals surface area contributed by atoms with E-state index in [1.165, 1.54) is 12.2 Å². The highest BCUT2D eigenvalue weighted by molar-refractivity contribution is 5.94. The van der Waals surface area contributed by atoms with Gasteiger partial charge >= 0.3 is 12.1 Å². The van der Waals surface area contributed by atoms with Gasteiger partial charge in [-0.1, -0.05) is 31.9 Å². The number of fused-ring (bicyclic) bond motifs is 1. The van der Waals surface area contributed by atoms with Crippen molar-refractivity contribution in [3.63, 3.8) is 0 Å². The molecule has 0 amide bonds. The Bertz CT molecular complexity index is 607. The Hall–Kier alpha value is -2.11. The zero-order valence-corrected chi connectivity index (χ0v) is 11.9. The molecule has 1 heterocycles. The first-order valence-electron chi connectivity index (χ1n) is 6.97. The summed E-state index contributed by atoms with van der Waals surface area (Å²) in [6.07, 6.45) is 2.78. The smallest absolute Gasteiger partial charge is 0.398 e. The van der Waals surface area contributed by atoms with Crippen molar-refractivity contribution in [2.45, 2.75) is 32.4 Å². The number of alkyl halides is 3. The monoisotopic (exact) mass is 312 g/mol. The Morgan fingerprint density at radius 1 is 1.36 bits per heavy atom. The zero-order chi connectivity index (χ0) is 16.3. The average Bonchev–Trinajstić information content (AvgIpc) is 2.94. The highest BCUT2D eigenvalue weighted by atomic mass is 19.4. The molecule has 6 heteroatoms. The molecule has 22 heavy (non-hydrogen) atoms. The van der Waals surface area contributed by atoms with Crippen LogP contribution in [0.3, 0.4) is 0 Å². The van der Waals surface area contributed by atoms with Crippen molar-refractivity contribution in [2.75, 3.05) is 0 Å². The van der Waals surface area contributed by atoms with Crippen molar-refractivity contribution in [2.24, 2.45) is 5.92 Å². The summed E-state index contributed by atoms with van der Waals surface area (Å²) >= 11 is 0. The van der Waals surface area contributed by atoms with E-state index in [4.69, 9.17) is 4.74 Å². The first-order valence-corrected chi connectivity index (χ1v) is 6.97. The largest absolute Gasteiger partial charge is 0.423 e. The molecule has 0 N–H and O–H groups in total.